The van der Waals surface area contributed by atoms with Gasteiger partial charge in [-0.05, 0) is 49.1 Å². The number of aryl methyl sites for hydroxylation is 2. The lowest BCUT2D eigenvalue weighted by molar-refractivity contribution is 0.726. The van der Waals surface area contributed by atoms with Gasteiger partial charge in [-0.3, -0.25) is 9.36 Å². The summed E-state index contributed by atoms with van der Waals surface area (Å²) >= 11 is 7.84. The summed E-state index contributed by atoms with van der Waals surface area (Å²) in [4.78, 5) is 19.6. The number of nitrogens with zero attached hydrogens (tertiary/aromatic N) is 2. The molecular formula is C18H15ClN2OS. The maximum atomic E-state index is 12.8. The van der Waals surface area contributed by atoms with Crippen LogP contribution in [-0.4, -0.2) is 9.55 Å². The molecule has 1 aliphatic rings. The standard InChI is InChI=1S/C18H15ClN2OS/c1-10-11(2)23-17-15(10)18(22)21-8-7-13(16(21)20-17)9-12-5-3-4-6-14(12)19/h3-6,9H,7-8H2,1-2H3/b13-9+. The average molecular weight is 343 g/mol. The Kier molecular flexibility index (Phi) is 3.39. The summed E-state index contributed by atoms with van der Waals surface area (Å²) in [6.45, 7) is 4.72. The second-order valence-electron chi connectivity index (χ2n) is 5.80. The Labute approximate surface area is 142 Å². The van der Waals surface area contributed by atoms with E-state index in [2.05, 4.69) is 0 Å². The second-order valence-corrected chi connectivity index (χ2v) is 7.41. The molecule has 0 saturated carbocycles. The molecule has 0 N–H and O–H groups in total. The molecule has 0 saturated heterocycles. The molecule has 2 aromatic heterocycles. The van der Waals surface area contributed by atoms with E-state index in [-0.39, 0.29) is 5.56 Å². The molecule has 23 heavy (non-hydrogen) atoms. The van der Waals surface area contributed by atoms with Crippen LogP contribution in [0.15, 0.2) is 29.1 Å². The predicted octanol–water partition coefficient (Wildman–Crippen LogP) is 4.67. The smallest absolute Gasteiger partial charge is 0.262 e. The van der Waals surface area contributed by atoms with Gasteiger partial charge in [-0.2, -0.15) is 0 Å². The summed E-state index contributed by atoms with van der Waals surface area (Å²) in [7, 11) is 0. The highest BCUT2D eigenvalue weighted by molar-refractivity contribution is 7.18. The van der Waals surface area contributed by atoms with E-state index < -0.39 is 0 Å². The molecule has 3 heterocycles. The highest BCUT2D eigenvalue weighted by Gasteiger charge is 2.23. The first-order valence-corrected chi connectivity index (χ1v) is 8.71. The normalized spacial score (nSPS) is 15.5. The van der Waals surface area contributed by atoms with Gasteiger partial charge in [0.1, 0.15) is 10.7 Å². The number of hydrogen-bond donors (Lipinski definition) is 0. The molecule has 0 amide bonds. The van der Waals surface area contributed by atoms with Crippen molar-refractivity contribution in [1.29, 1.82) is 0 Å². The molecule has 0 radical (unpaired) electrons. The van der Waals surface area contributed by atoms with Gasteiger partial charge in [-0.1, -0.05) is 29.8 Å². The number of aromatic nitrogens is 2. The highest BCUT2D eigenvalue weighted by Crippen LogP contribution is 2.32. The van der Waals surface area contributed by atoms with Crippen molar-refractivity contribution in [2.75, 3.05) is 0 Å². The second kappa shape index (κ2) is 5.32. The topological polar surface area (TPSA) is 34.9 Å². The minimum atomic E-state index is 0.0782. The molecule has 3 nitrogen and oxygen atoms in total. The van der Waals surface area contributed by atoms with Crippen LogP contribution in [0.4, 0.5) is 0 Å². The van der Waals surface area contributed by atoms with Gasteiger partial charge in [0, 0.05) is 16.4 Å². The number of benzene rings is 1. The van der Waals surface area contributed by atoms with Crippen molar-refractivity contribution in [1.82, 2.24) is 9.55 Å². The summed E-state index contributed by atoms with van der Waals surface area (Å²) in [5.74, 6) is 0.781. The zero-order valence-electron chi connectivity index (χ0n) is 12.9. The number of hydrogen-bond acceptors (Lipinski definition) is 3. The number of halogens is 1. The number of allylic oxidation sites excluding steroid dienone is 1. The van der Waals surface area contributed by atoms with Gasteiger partial charge in [0.25, 0.3) is 5.56 Å². The van der Waals surface area contributed by atoms with E-state index in [1.54, 1.807) is 15.9 Å². The van der Waals surface area contributed by atoms with Crippen molar-refractivity contribution < 1.29 is 0 Å². The molecule has 0 spiro atoms. The summed E-state index contributed by atoms with van der Waals surface area (Å²) in [6, 6.07) is 7.73. The Morgan fingerprint density at radius 2 is 2.09 bits per heavy atom. The fraction of sp³-hybridized carbons (Fsp3) is 0.222. The van der Waals surface area contributed by atoms with Crippen molar-refractivity contribution in [2.45, 2.75) is 26.8 Å². The molecule has 116 valence electrons. The Morgan fingerprint density at radius 3 is 2.87 bits per heavy atom. The van der Waals surface area contributed by atoms with Gasteiger partial charge in [-0.25, -0.2) is 4.98 Å². The fourth-order valence-electron chi connectivity index (χ4n) is 3.04. The first kappa shape index (κ1) is 14.7. The van der Waals surface area contributed by atoms with Crippen LogP contribution >= 0.6 is 22.9 Å². The Hall–Kier alpha value is -1.91. The summed E-state index contributed by atoms with van der Waals surface area (Å²) in [6.07, 6.45) is 2.86. The van der Waals surface area contributed by atoms with Gasteiger partial charge in [-0.15, -0.1) is 11.3 Å². The van der Waals surface area contributed by atoms with Crippen LogP contribution < -0.4 is 5.56 Å². The van der Waals surface area contributed by atoms with Gasteiger partial charge in [0.2, 0.25) is 0 Å². The lowest BCUT2D eigenvalue weighted by atomic mass is 10.1. The first-order chi connectivity index (χ1) is 11.1. The lowest BCUT2D eigenvalue weighted by Gasteiger charge is -2.04. The molecule has 5 heteroatoms. The minimum absolute atomic E-state index is 0.0782. The SMILES string of the molecule is Cc1sc2nc3n(c(=O)c2c1C)CC/C3=C\c1ccccc1Cl. The lowest BCUT2D eigenvalue weighted by Crippen LogP contribution is -2.20. The summed E-state index contributed by atoms with van der Waals surface area (Å²) in [5.41, 5.74) is 3.17. The van der Waals surface area contributed by atoms with Gasteiger partial charge in [0.05, 0.1) is 5.39 Å². The van der Waals surface area contributed by atoms with E-state index >= 15 is 0 Å². The van der Waals surface area contributed by atoms with Crippen molar-refractivity contribution in [3.8, 4) is 0 Å². The van der Waals surface area contributed by atoms with Crippen LogP contribution in [0.3, 0.4) is 0 Å². The van der Waals surface area contributed by atoms with Crippen molar-refractivity contribution in [3.05, 3.63) is 61.5 Å². The monoisotopic (exact) mass is 342 g/mol. The number of rotatable bonds is 1. The van der Waals surface area contributed by atoms with E-state index in [1.807, 2.05) is 44.2 Å². The molecule has 1 aromatic carbocycles. The summed E-state index contributed by atoms with van der Waals surface area (Å²) < 4.78 is 1.80. The summed E-state index contributed by atoms with van der Waals surface area (Å²) in [5, 5.41) is 1.49. The van der Waals surface area contributed by atoms with Crippen LogP contribution in [0, 0.1) is 13.8 Å². The highest BCUT2D eigenvalue weighted by atomic mass is 35.5. The van der Waals surface area contributed by atoms with Crippen molar-refractivity contribution in [3.63, 3.8) is 0 Å². The van der Waals surface area contributed by atoms with E-state index in [9.17, 15) is 4.79 Å². The molecule has 3 aromatic rings. The fourth-order valence-corrected chi connectivity index (χ4v) is 4.25. The molecule has 4 rings (SSSR count). The molecule has 0 unspecified atom stereocenters. The predicted molar refractivity (Wildman–Crippen MR) is 97.3 cm³/mol. The molecular weight excluding hydrogens is 328 g/mol. The Bertz CT molecular complexity index is 1030. The number of thiophene rings is 1. The van der Waals surface area contributed by atoms with Gasteiger partial charge >= 0.3 is 0 Å². The third-order valence-corrected chi connectivity index (χ3v) is 5.86. The van der Waals surface area contributed by atoms with E-state index in [0.717, 1.165) is 44.0 Å². The zero-order chi connectivity index (χ0) is 16.1. The zero-order valence-corrected chi connectivity index (χ0v) is 14.5. The quantitative estimate of drug-likeness (QED) is 0.644. The van der Waals surface area contributed by atoms with Crippen LogP contribution in [-0.2, 0) is 6.54 Å². The molecule has 0 atom stereocenters. The third kappa shape index (κ3) is 2.25. The van der Waals surface area contributed by atoms with Crippen LogP contribution in [0.5, 0.6) is 0 Å². The largest absolute Gasteiger partial charge is 0.292 e. The van der Waals surface area contributed by atoms with Crippen LogP contribution in [0.1, 0.15) is 28.2 Å². The third-order valence-electron chi connectivity index (χ3n) is 4.42. The molecule has 0 fully saturated rings. The number of fused-ring (bicyclic) bond motifs is 2. The molecule has 0 aliphatic carbocycles. The first-order valence-electron chi connectivity index (χ1n) is 7.52. The van der Waals surface area contributed by atoms with E-state index in [1.165, 1.54) is 0 Å². The Balaban J connectivity index is 1.94. The van der Waals surface area contributed by atoms with Crippen molar-refractivity contribution in [2.24, 2.45) is 0 Å². The molecule has 0 bridgehead atoms. The maximum Gasteiger partial charge on any atom is 0.262 e. The van der Waals surface area contributed by atoms with Crippen LogP contribution in [0.25, 0.3) is 21.9 Å². The molecule has 1 aliphatic heterocycles. The van der Waals surface area contributed by atoms with E-state index in [0.29, 0.717) is 11.6 Å². The Morgan fingerprint density at radius 1 is 1.30 bits per heavy atom. The van der Waals surface area contributed by atoms with Crippen LogP contribution in [0.2, 0.25) is 5.02 Å². The van der Waals surface area contributed by atoms with Crippen molar-refractivity contribution >= 4 is 44.8 Å². The maximum absolute atomic E-state index is 12.8. The average Bonchev–Trinajstić information content (AvgIpc) is 3.05. The van der Waals surface area contributed by atoms with Gasteiger partial charge < -0.3 is 0 Å². The van der Waals surface area contributed by atoms with E-state index in [4.69, 9.17) is 16.6 Å². The van der Waals surface area contributed by atoms with Gasteiger partial charge in [0.15, 0.2) is 0 Å². The minimum Gasteiger partial charge on any atom is -0.292 e.